The summed E-state index contributed by atoms with van der Waals surface area (Å²) in [4.78, 5) is 27.5. The van der Waals surface area contributed by atoms with Gasteiger partial charge in [-0.25, -0.2) is 9.59 Å². The number of fused-ring (bicyclic) bond motifs is 4. The lowest BCUT2D eigenvalue weighted by molar-refractivity contribution is 0.0890. The van der Waals surface area contributed by atoms with E-state index >= 15 is 0 Å². The van der Waals surface area contributed by atoms with E-state index in [0.717, 1.165) is 16.5 Å². The van der Waals surface area contributed by atoms with Gasteiger partial charge in [-0.1, -0.05) is 47.5 Å². The molecular formula is C27H17Cl2NO5. The van der Waals surface area contributed by atoms with Gasteiger partial charge in [0.05, 0.1) is 21.2 Å². The third-order valence-electron chi connectivity index (χ3n) is 6.08. The van der Waals surface area contributed by atoms with Crippen molar-refractivity contribution in [3.05, 3.63) is 109 Å². The number of benzene rings is 3. The van der Waals surface area contributed by atoms with E-state index in [4.69, 9.17) is 36.8 Å². The standard InChI is InChI=1S/C27H17Cl2NO5/c28-21-7-5-15(9-22(21)29)12-30-13-20-24(33-14-30)8-6-17-18(11-25(31)35-26(17)20)19-10-16-3-1-2-4-23(16)34-27(19)32/h1-11H,12-14H2. The minimum absolute atomic E-state index is 0.297. The van der Waals surface area contributed by atoms with Crippen molar-refractivity contribution in [2.24, 2.45) is 0 Å². The van der Waals surface area contributed by atoms with Crippen LogP contribution in [0.3, 0.4) is 0 Å². The predicted molar refractivity (Wildman–Crippen MR) is 135 cm³/mol. The van der Waals surface area contributed by atoms with Gasteiger partial charge in [0.15, 0.2) is 0 Å². The third-order valence-corrected chi connectivity index (χ3v) is 6.82. The van der Waals surface area contributed by atoms with Crippen molar-refractivity contribution >= 4 is 45.1 Å². The topological polar surface area (TPSA) is 72.9 Å². The summed E-state index contributed by atoms with van der Waals surface area (Å²) in [7, 11) is 0. The van der Waals surface area contributed by atoms with Crippen LogP contribution in [-0.4, -0.2) is 11.6 Å². The van der Waals surface area contributed by atoms with Crippen LogP contribution < -0.4 is 16.0 Å². The summed E-state index contributed by atoms with van der Waals surface area (Å²) in [6.07, 6.45) is 0. The molecule has 0 N–H and O–H groups in total. The quantitative estimate of drug-likeness (QED) is 0.271. The minimum Gasteiger partial charge on any atom is -0.478 e. The van der Waals surface area contributed by atoms with E-state index in [1.165, 1.54) is 6.07 Å². The first kappa shape index (κ1) is 21.9. The molecule has 2 aromatic heterocycles. The molecule has 0 unspecified atom stereocenters. The summed E-state index contributed by atoms with van der Waals surface area (Å²) in [5.41, 5.74) is 2.25. The molecule has 3 heterocycles. The van der Waals surface area contributed by atoms with Gasteiger partial charge in [0.25, 0.3) is 0 Å². The first-order valence-electron chi connectivity index (χ1n) is 10.9. The number of rotatable bonds is 3. The Bertz CT molecular complexity index is 1740. The van der Waals surface area contributed by atoms with E-state index in [1.54, 1.807) is 30.3 Å². The van der Waals surface area contributed by atoms with Crippen molar-refractivity contribution < 1.29 is 13.6 Å². The molecule has 1 aliphatic heterocycles. The zero-order valence-corrected chi connectivity index (χ0v) is 19.7. The van der Waals surface area contributed by atoms with Crippen molar-refractivity contribution in [3.8, 4) is 16.9 Å². The molecule has 0 aliphatic carbocycles. The zero-order chi connectivity index (χ0) is 24.1. The highest BCUT2D eigenvalue weighted by atomic mass is 35.5. The molecular weight excluding hydrogens is 489 g/mol. The Hall–Kier alpha value is -3.58. The van der Waals surface area contributed by atoms with Gasteiger partial charge in [-0.05, 0) is 42.0 Å². The number of hydrogen-bond acceptors (Lipinski definition) is 6. The Morgan fingerprint density at radius 2 is 1.71 bits per heavy atom. The fraction of sp³-hybridized carbons (Fsp3) is 0.111. The molecule has 0 amide bonds. The van der Waals surface area contributed by atoms with Crippen LogP contribution in [-0.2, 0) is 13.1 Å². The van der Waals surface area contributed by atoms with E-state index in [9.17, 15) is 9.59 Å². The molecule has 6 rings (SSSR count). The van der Waals surface area contributed by atoms with E-state index in [1.807, 2.05) is 30.3 Å². The molecule has 3 aromatic carbocycles. The van der Waals surface area contributed by atoms with Crippen LogP contribution >= 0.6 is 23.2 Å². The second-order valence-electron chi connectivity index (χ2n) is 8.39. The van der Waals surface area contributed by atoms with Crippen LogP contribution in [0.1, 0.15) is 11.1 Å². The highest BCUT2D eigenvalue weighted by Crippen LogP contribution is 2.36. The average Bonchev–Trinajstić information content (AvgIpc) is 2.85. The molecule has 8 heteroatoms. The molecule has 5 aromatic rings. The van der Waals surface area contributed by atoms with Crippen molar-refractivity contribution in [2.45, 2.75) is 13.1 Å². The van der Waals surface area contributed by atoms with Crippen LogP contribution in [0, 0.1) is 0 Å². The summed E-state index contributed by atoms with van der Waals surface area (Å²) < 4.78 is 17.1. The van der Waals surface area contributed by atoms with Crippen molar-refractivity contribution in [3.63, 3.8) is 0 Å². The molecule has 0 bridgehead atoms. The van der Waals surface area contributed by atoms with Crippen molar-refractivity contribution in [2.75, 3.05) is 6.73 Å². The average molecular weight is 506 g/mol. The molecule has 0 radical (unpaired) electrons. The van der Waals surface area contributed by atoms with Gasteiger partial charge in [0.2, 0.25) is 0 Å². The van der Waals surface area contributed by atoms with Crippen molar-refractivity contribution in [1.29, 1.82) is 0 Å². The lowest BCUT2D eigenvalue weighted by Crippen LogP contribution is -2.31. The molecule has 0 fully saturated rings. The monoisotopic (exact) mass is 505 g/mol. The largest absolute Gasteiger partial charge is 0.478 e. The number of hydrogen-bond donors (Lipinski definition) is 0. The maximum Gasteiger partial charge on any atom is 0.344 e. The highest BCUT2D eigenvalue weighted by molar-refractivity contribution is 6.42. The molecule has 1 aliphatic rings. The van der Waals surface area contributed by atoms with E-state index in [-0.39, 0.29) is 0 Å². The Labute approximate surface area is 208 Å². The van der Waals surface area contributed by atoms with Crippen LogP contribution in [0.2, 0.25) is 10.0 Å². The third kappa shape index (κ3) is 4.00. The maximum atomic E-state index is 12.8. The number of ether oxygens (including phenoxy) is 1. The number of nitrogens with zero attached hydrogens (tertiary/aromatic N) is 1. The smallest absolute Gasteiger partial charge is 0.344 e. The Morgan fingerprint density at radius 3 is 2.57 bits per heavy atom. The van der Waals surface area contributed by atoms with E-state index < -0.39 is 11.3 Å². The lowest BCUT2D eigenvalue weighted by Gasteiger charge is -2.29. The van der Waals surface area contributed by atoms with Crippen LogP contribution in [0.5, 0.6) is 5.75 Å². The van der Waals surface area contributed by atoms with Gasteiger partial charge in [-0.3, -0.25) is 4.90 Å². The zero-order valence-electron chi connectivity index (χ0n) is 18.2. The number of para-hydroxylation sites is 1. The van der Waals surface area contributed by atoms with Gasteiger partial charge in [0, 0.05) is 35.5 Å². The minimum atomic E-state index is -0.560. The normalized spacial score (nSPS) is 13.7. The summed E-state index contributed by atoms with van der Waals surface area (Å²) in [6, 6.07) is 19.4. The second-order valence-corrected chi connectivity index (χ2v) is 9.21. The first-order valence-corrected chi connectivity index (χ1v) is 11.6. The molecule has 0 saturated heterocycles. The summed E-state index contributed by atoms with van der Waals surface area (Å²) in [5.74, 6) is 0.633. The molecule has 35 heavy (non-hydrogen) atoms. The predicted octanol–water partition coefficient (Wildman–Crippen LogP) is 6.23. The van der Waals surface area contributed by atoms with Gasteiger partial charge in [-0.15, -0.1) is 0 Å². The molecule has 0 saturated carbocycles. The SMILES string of the molecule is O=c1cc(-c2cc3ccccc3oc2=O)c2ccc3c(c2o1)CN(Cc1ccc(Cl)c(Cl)c1)CO3. The van der Waals surface area contributed by atoms with Gasteiger partial charge in [-0.2, -0.15) is 0 Å². The van der Waals surface area contributed by atoms with Gasteiger partial charge in [0.1, 0.15) is 23.6 Å². The Balaban J connectivity index is 1.45. The van der Waals surface area contributed by atoms with E-state index in [0.29, 0.717) is 63.3 Å². The van der Waals surface area contributed by atoms with Crippen LogP contribution in [0.4, 0.5) is 0 Å². The Morgan fingerprint density at radius 1 is 0.857 bits per heavy atom. The van der Waals surface area contributed by atoms with Gasteiger partial charge < -0.3 is 13.6 Å². The summed E-state index contributed by atoms with van der Waals surface area (Å²) in [6.45, 7) is 1.40. The first-order chi connectivity index (χ1) is 17.0. The maximum absolute atomic E-state index is 12.8. The summed E-state index contributed by atoms with van der Waals surface area (Å²) in [5, 5.41) is 2.37. The van der Waals surface area contributed by atoms with E-state index in [2.05, 4.69) is 4.90 Å². The molecule has 6 nitrogen and oxygen atoms in total. The van der Waals surface area contributed by atoms with Crippen molar-refractivity contribution in [1.82, 2.24) is 4.90 Å². The molecule has 0 atom stereocenters. The lowest BCUT2D eigenvalue weighted by atomic mass is 9.99. The van der Waals surface area contributed by atoms with Gasteiger partial charge >= 0.3 is 11.3 Å². The molecule has 0 spiro atoms. The highest BCUT2D eigenvalue weighted by Gasteiger charge is 2.24. The second kappa shape index (κ2) is 8.57. The fourth-order valence-electron chi connectivity index (χ4n) is 4.45. The van der Waals surface area contributed by atoms with Crippen LogP contribution in [0.25, 0.3) is 33.1 Å². The Kier molecular flexibility index (Phi) is 5.37. The molecule has 174 valence electrons. The van der Waals surface area contributed by atoms with Crippen LogP contribution in [0.15, 0.2) is 85.2 Å². The summed E-state index contributed by atoms with van der Waals surface area (Å²) >= 11 is 12.2. The fourth-order valence-corrected chi connectivity index (χ4v) is 4.77. The number of halogens is 2.